The minimum absolute atomic E-state index is 0.608. The molecule has 0 atom stereocenters. The average Bonchev–Trinajstić information content (AvgIpc) is 3.10. The van der Waals surface area contributed by atoms with Crippen LogP contribution in [0.4, 0.5) is 0 Å². The van der Waals surface area contributed by atoms with E-state index in [-0.39, 0.29) is 0 Å². The molecule has 2 heterocycles. The molecule has 0 aliphatic carbocycles. The van der Waals surface area contributed by atoms with Gasteiger partial charge in [0.15, 0.2) is 11.3 Å². The normalized spacial score (nSPS) is 11.2. The molecule has 5 nitrogen and oxygen atoms in total. The molecular weight excluding hydrogens is 416 g/mol. The Morgan fingerprint density at radius 2 is 1.61 bits per heavy atom. The Balaban J connectivity index is 1.88. The number of ether oxygens (including phenoxy) is 1. The van der Waals surface area contributed by atoms with Crippen molar-refractivity contribution in [1.82, 2.24) is 19.5 Å². The first-order chi connectivity index (χ1) is 13.7. The number of hydrogen-bond donors (Lipinski definition) is 0. The van der Waals surface area contributed by atoms with E-state index < -0.39 is 0 Å². The highest BCUT2D eigenvalue weighted by atomic mass is 79.9. The van der Waals surface area contributed by atoms with Crippen molar-refractivity contribution in [2.75, 3.05) is 7.11 Å². The first-order valence-corrected chi connectivity index (χ1v) is 9.58. The van der Waals surface area contributed by atoms with Crippen molar-refractivity contribution in [2.45, 2.75) is 0 Å². The van der Waals surface area contributed by atoms with E-state index in [0.717, 1.165) is 38.3 Å². The maximum Gasteiger partial charge on any atom is 0.199 e. The Kier molecular flexibility index (Phi) is 4.06. The van der Waals surface area contributed by atoms with Crippen LogP contribution in [-0.4, -0.2) is 26.6 Å². The summed E-state index contributed by atoms with van der Waals surface area (Å²) in [6, 6.07) is 23.7. The highest BCUT2D eigenvalue weighted by Gasteiger charge is 2.18. The number of fused-ring (bicyclic) bond motifs is 2. The van der Waals surface area contributed by atoms with Crippen molar-refractivity contribution in [2.24, 2.45) is 0 Å². The molecule has 0 fully saturated rings. The van der Waals surface area contributed by atoms with E-state index >= 15 is 0 Å². The Bertz CT molecular complexity index is 1330. The number of methoxy groups -OCH3 is 1. The van der Waals surface area contributed by atoms with Crippen molar-refractivity contribution >= 4 is 38.3 Å². The zero-order valence-corrected chi connectivity index (χ0v) is 16.6. The molecule has 0 aliphatic heterocycles. The topological polar surface area (TPSA) is 52.8 Å². The fourth-order valence-corrected chi connectivity index (χ4v) is 3.67. The summed E-state index contributed by atoms with van der Waals surface area (Å²) in [4.78, 5) is 14.4. The van der Waals surface area contributed by atoms with Gasteiger partial charge in [-0.3, -0.25) is 4.57 Å². The monoisotopic (exact) mass is 430 g/mol. The molecule has 0 unspecified atom stereocenters. The number of halogens is 1. The fraction of sp³-hybridized carbons (Fsp3) is 0.0455. The molecule has 3 aromatic carbocycles. The van der Waals surface area contributed by atoms with Gasteiger partial charge in [0.25, 0.3) is 0 Å². The Hall–Kier alpha value is -3.25. The summed E-state index contributed by atoms with van der Waals surface area (Å²) in [7, 11) is 1.66. The average molecular weight is 431 g/mol. The fourth-order valence-electron chi connectivity index (χ4n) is 3.27. The Morgan fingerprint density at radius 1 is 0.821 bits per heavy atom. The van der Waals surface area contributed by atoms with Gasteiger partial charge in [-0.15, -0.1) is 0 Å². The van der Waals surface area contributed by atoms with E-state index in [1.54, 1.807) is 7.11 Å². The zero-order valence-electron chi connectivity index (χ0n) is 15.0. The smallest absolute Gasteiger partial charge is 0.199 e. The molecule has 0 N–H and O–H groups in total. The van der Waals surface area contributed by atoms with E-state index in [1.165, 1.54) is 0 Å². The molecule has 6 heteroatoms. The summed E-state index contributed by atoms with van der Waals surface area (Å²) in [6.07, 6.45) is 0. The van der Waals surface area contributed by atoms with Gasteiger partial charge in [-0.05, 0) is 36.4 Å². The van der Waals surface area contributed by atoms with Crippen LogP contribution in [0.2, 0.25) is 0 Å². The number of nitrogens with zero attached hydrogens (tertiary/aromatic N) is 4. The third-order valence-electron chi connectivity index (χ3n) is 4.56. The number of para-hydroxylation sites is 2. The van der Waals surface area contributed by atoms with Crippen LogP contribution >= 0.6 is 15.9 Å². The van der Waals surface area contributed by atoms with Crippen LogP contribution < -0.4 is 4.74 Å². The van der Waals surface area contributed by atoms with E-state index in [2.05, 4.69) is 15.9 Å². The third kappa shape index (κ3) is 2.82. The van der Waals surface area contributed by atoms with E-state index in [9.17, 15) is 0 Å². The zero-order chi connectivity index (χ0) is 19.1. The van der Waals surface area contributed by atoms with Gasteiger partial charge in [-0.25, -0.2) is 15.0 Å². The van der Waals surface area contributed by atoms with Gasteiger partial charge < -0.3 is 4.74 Å². The van der Waals surface area contributed by atoms with Crippen LogP contribution in [0.5, 0.6) is 5.75 Å². The highest BCUT2D eigenvalue weighted by molar-refractivity contribution is 9.10. The summed E-state index contributed by atoms with van der Waals surface area (Å²) >= 11 is 3.55. The lowest BCUT2D eigenvalue weighted by Gasteiger charge is -2.10. The number of benzene rings is 3. The Labute approximate surface area is 169 Å². The van der Waals surface area contributed by atoms with Gasteiger partial charge in [0.05, 0.1) is 23.8 Å². The summed E-state index contributed by atoms with van der Waals surface area (Å²) in [5.41, 5.74) is 4.87. The molecule has 0 amide bonds. The molecule has 28 heavy (non-hydrogen) atoms. The minimum atomic E-state index is 0.608. The number of aromatic nitrogens is 4. The predicted octanol–water partition coefficient (Wildman–Crippen LogP) is 5.41. The van der Waals surface area contributed by atoms with Crippen LogP contribution in [0.3, 0.4) is 0 Å². The molecule has 5 rings (SSSR count). The number of rotatable bonds is 3. The van der Waals surface area contributed by atoms with Gasteiger partial charge in [0, 0.05) is 16.1 Å². The lowest BCUT2D eigenvalue weighted by Crippen LogP contribution is -2.00. The van der Waals surface area contributed by atoms with Crippen molar-refractivity contribution in [3.63, 3.8) is 0 Å². The molecule has 0 radical (unpaired) electrons. The minimum Gasteiger partial charge on any atom is -0.497 e. The van der Waals surface area contributed by atoms with E-state index in [0.29, 0.717) is 11.3 Å². The van der Waals surface area contributed by atoms with E-state index in [4.69, 9.17) is 19.7 Å². The van der Waals surface area contributed by atoms with E-state index in [1.807, 2.05) is 77.4 Å². The summed E-state index contributed by atoms with van der Waals surface area (Å²) in [5.74, 6) is 1.55. The lowest BCUT2D eigenvalue weighted by atomic mass is 10.2. The molecule has 0 bridgehead atoms. The number of hydrogen-bond acceptors (Lipinski definition) is 4. The van der Waals surface area contributed by atoms with Gasteiger partial charge in [-0.1, -0.05) is 46.3 Å². The van der Waals surface area contributed by atoms with Crippen LogP contribution in [0.1, 0.15) is 0 Å². The lowest BCUT2D eigenvalue weighted by molar-refractivity contribution is 0.414. The maximum atomic E-state index is 5.42. The van der Waals surface area contributed by atoms with Crippen LogP contribution in [-0.2, 0) is 0 Å². The SMILES string of the molecule is COc1cccc(-n2c(-c3cccc(Br)c3)nc3nc4ccccc4nc32)c1. The molecule has 5 aromatic rings. The van der Waals surface area contributed by atoms with Gasteiger partial charge in [-0.2, -0.15) is 0 Å². The first kappa shape index (κ1) is 16.9. The molecule has 0 saturated carbocycles. The maximum absolute atomic E-state index is 5.42. The third-order valence-corrected chi connectivity index (χ3v) is 5.06. The molecule has 0 saturated heterocycles. The first-order valence-electron chi connectivity index (χ1n) is 8.78. The van der Waals surface area contributed by atoms with Gasteiger partial charge in [0.1, 0.15) is 11.6 Å². The molecule has 2 aromatic heterocycles. The molecule has 0 spiro atoms. The Morgan fingerprint density at radius 3 is 2.39 bits per heavy atom. The van der Waals surface area contributed by atoms with Crippen molar-refractivity contribution in [3.05, 3.63) is 77.3 Å². The highest BCUT2D eigenvalue weighted by Crippen LogP contribution is 2.30. The molecule has 0 aliphatic rings. The van der Waals surface area contributed by atoms with Gasteiger partial charge >= 0.3 is 0 Å². The van der Waals surface area contributed by atoms with Crippen LogP contribution in [0.25, 0.3) is 39.4 Å². The van der Waals surface area contributed by atoms with Crippen molar-refractivity contribution < 1.29 is 4.74 Å². The van der Waals surface area contributed by atoms with Crippen molar-refractivity contribution in [3.8, 4) is 22.8 Å². The summed E-state index contributed by atoms with van der Waals surface area (Å²) in [6.45, 7) is 0. The van der Waals surface area contributed by atoms with Crippen LogP contribution in [0, 0.1) is 0 Å². The summed E-state index contributed by atoms with van der Waals surface area (Å²) < 4.78 is 8.44. The second kappa shape index (κ2) is 6.73. The predicted molar refractivity (Wildman–Crippen MR) is 114 cm³/mol. The second-order valence-corrected chi connectivity index (χ2v) is 7.26. The number of imidazole rings is 1. The quantitative estimate of drug-likeness (QED) is 0.384. The standard InChI is InChI=1S/C22H15BrN4O/c1-28-17-9-5-8-16(13-17)27-21(14-6-4-7-15(23)12-14)26-20-22(27)25-19-11-3-2-10-18(19)24-20/h2-13H,1H3. The largest absolute Gasteiger partial charge is 0.497 e. The molecular formula is C22H15BrN4O. The molecule has 136 valence electrons. The van der Waals surface area contributed by atoms with Gasteiger partial charge in [0.2, 0.25) is 0 Å². The van der Waals surface area contributed by atoms with Crippen molar-refractivity contribution in [1.29, 1.82) is 0 Å². The van der Waals surface area contributed by atoms with Crippen LogP contribution in [0.15, 0.2) is 77.3 Å². The second-order valence-electron chi connectivity index (χ2n) is 6.34. The summed E-state index contributed by atoms with van der Waals surface area (Å²) in [5, 5.41) is 0.